The monoisotopic (exact) mass is 577 g/mol. The van der Waals surface area contributed by atoms with E-state index >= 15 is 0 Å². The van der Waals surface area contributed by atoms with Crippen LogP contribution in [0.2, 0.25) is 0 Å². The van der Waals surface area contributed by atoms with Gasteiger partial charge in [-0.2, -0.15) is 21.6 Å². The Morgan fingerprint density at radius 1 is 0.692 bits per heavy atom. The molecule has 0 saturated carbocycles. The fourth-order valence-electron chi connectivity index (χ4n) is 3.37. The van der Waals surface area contributed by atoms with Crippen molar-refractivity contribution in [1.82, 2.24) is 0 Å². The van der Waals surface area contributed by atoms with Gasteiger partial charge in [0.15, 0.2) is 5.84 Å². The largest absolute Gasteiger partial charge is 0.416 e. The van der Waals surface area contributed by atoms with Crippen molar-refractivity contribution in [3.63, 3.8) is 0 Å². The van der Waals surface area contributed by atoms with Crippen LogP contribution < -0.4 is 10.0 Å². The first kappa shape index (κ1) is 27.8. The highest BCUT2D eigenvalue weighted by molar-refractivity contribution is 7.92. The number of anilines is 2. The van der Waals surface area contributed by atoms with Crippen LogP contribution >= 0.6 is 0 Å². The van der Waals surface area contributed by atoms with Crippen LogP contribution in [0.3, 0.4) is 0 Å². The summed E-state index contributed by atoms with van der Waals surface area (Å²) in [6, 6.07) is 20.9. The molecular formula is C26H19F4N3O4S2. The Kier molecular flexibility index (Phi) is 7.74. The highest BCUT2D eigenvalue weighted by Gasteiger charge is 2.30. The minimum Gasteiger partial charge on any atom is -0.339 e. The molecule has 13 heteroatoms. The summed E-state index contributed by atoms with van der Waals surface area (Å²) in [6.07, 6.45) is -4.67. The lowest BCUT2D eigenvalue weighted by atomic mass is 10.2. The molecule has 0 aliphatic rings. The molecule has 0 saturated heterocycles. The van der Waals surface area contributed by atoms with E-state index in [9.17, 15) is 34.4 Å². The van der Waals surface area contributed by atoms with Gasteiger partial charge in [0.1, 0.15) is 5.82 Å². The minimum atomic E-state index is -4.67. The van der Waals surface area contributed by atoms with E-state index in [-0.39, 0.29) is 32.6 Å². The number of alkyl halides is 3. The molecule has 0 bridgehead atoms. The molecule has 0 aromatic heterocycles. The summed E-state index contributed by atoms with van der Waals surface area (Å²) < 4.78 is 110. The standard InChI is InChI=1S/C26H19F4N3O4S2/c27-20-14-12-18(13-15-20)25(33-38(34,35)23-9-2-1-3-10-23)31-21-7-5-11-24(17-21)39(36,37)32-22-8-4-6-19(16-22)26(28,29)30/h1-17,32H,(H,31,33). The van der Waals surface area contributed by atoms with Crippen molar-refractivity contribution >= 4 is 37.3 Å². The average molecular weight is 578 g/mol. The number of nitrogens with one attached hydrogen (secondary N) is 2. The van der Waals surface area contributed by atoms with Crippen molar-refractivity contribution in [2.45, 2.75) is 16.0 Å². The SMILES string of the molecule is O=S(=O)(/N=C(/Nc1cccc(S(=O)(=O)Nc2cccc(C(F)(F)F)c2)c1)c1ccc(F)cc1)c1ccccc1. The molecule has 0 unspecified atom stereocenters. The van der Waals surface area contributed by atoms with E-state index < -0.39 is 37.6 Å². The molecule has 0 radical (unpaired) electrons. The van der Waals surface area contributed by atoms with Gasteiger partial charge in [-0.25, -0.2) is 12.8 Å². The second-order valence-electron chi connectivity index (χ2n) is 8.07. The van der Waals surface area contributed by atoms with Crippen molar-refractivity contribution in [2.24, 2.45) is 4.40 Å². The van der Waals surface area contributed by atoms with Crippen LogP contribution in [-0.4, -0.2) is 22.7 Å². The van der Waals surface area contributed by atoms with Gasteiger partial charge in [-0.05, 0) is 72.8 Å². The first-order valence-corrected chi connectivity index (χ1v) is 14.0. The van der Waals surface area contributed by atoms with Gasteiger partial charge in [0.2, 0.25) is 0 Å². The van der Waals surface area contributed by atoms with Gasteiger partial charge in [0.05, 0.1) is 15.4 Å². The summed E-state index contributed by atoms with van der Waals surface area (Å²) in [5.41, 5.74) is -1.05. The van der Waals surface area contributed by atoms with Crippen molar-refractivity contribution in [3.8, 4) is 0 Å². The third-order valence-electron chi connectivity index (χ3n) is 5.22. The van der Waals surface area contributed by atoms with Crippen molar-refractivity contribution in [3.05, 3.63) is 120 Å². The molecule has 0 aliphatic carbocycles. The quantitative estimate of drug-likeness (QED) is 0.162. The zero-order chi connectivity index (χ0) is 28.3. The molecule has 0 spiro atoms. The third kappa shape index (κ3) is 7.00. The molecule has 4 aromatic rings. The van der Waals surface area contributed by atoms with E-state index in [2.05, 4.69) is 14.4 Å². The second kappa shape index (κ2) is 10.9. The summed E-state index contributed by atoms with van der Waals surface area (Å²) in [7, 11) is -8.57. The second-order valence-corrected chi connectivity index (χ2v) is 11.4. The fraction of sp³-hybridized carbons (Fsp3) is 0.0385. The Morgan fingerprint density at radius 3 is 1.97 bits per heavy atom. The summed E-state index contributed by atoms with van der Waals surface area (Å²) in [6.45, 7) is 0. The van der Waals surface area contributed by atoms with Gasteiger partial charge in [-0.1, -0.05) is 30.3 Å². The highest BCUT2D eigenvalue weighted by Crippen LogP contribution is 2.31. The smallest absolute Gasteiger partial charge is 0.339 e. The fourth-order valence-corrected chi connectivity index (χ4v) is 5.46. The van der Waals surface area contributed by atoms with Crippen LogP contribution in [0.15, 0.2) is 117 Å². The topological polar surface area (TPSA) is 105 Å². The van der Waals surface area contributed by atoms with Crippen molar-refractivity contribution in [2.75, 3.05) is 10.0 Å². The maximum atomic E-state index is 13.5. The van der Waals surface area contributed by atoms with Crippen LogP contribution in [0.4, 0.5) is 28.9 Å². The molecule has 4 rings (SSSR count). The van der Waals surface area contributed by atoms with E-state index in [4.69, 9.17) is 0 Å². The van der Waals surface area contributed by atoms with Crippen molar-refractivity contribution < 1.29 is 34.4 Å². The number of rotatable bonds is 7. The van der Waals surface area contributed by atoms with Gasteiger partial charge in [0.25, 0.3) is 20.0 Å². The van der Waals surface area contributed by atoms with Crippen LogP contribution in [0.25, 0.3) is 0 Å². The molecule has 0 fully saturated rings. The Balaban J connectivity index is 1.68. The summed E-state index contributed by atoms with van der Waals surface area (Å²) in [5, 5.41) is 2.75. The van der Waals surface area contributed by atoms with Gasteiger partial charge < -0.3 is 5.32 Å². The maximum Gasteiger partial charge on any atom is 0.416 e. The summed E-state index contributed by atoms with van der Waals surface area (Å²) in [5.74, 6) is -0.794. The molecule has 0 atom stereocenters. The van der Waals surface area contributed by atoms with Crippen LogP contribution in [0.5, 0.6) is 0 Å². The van der Waals surface area contributed by atoms with E-state index in [1.807, 2.05) is 0 Å². The molecule has 4 aromatic carbocycles. The number of sulfonamides is 2. The normalized spacial score (nSPS) is 12.7. The predicted molar refractivity (Wildman–Crippen MR) is 139 cm³/mol. The highest BCUT2D eigenvalue weighted by atomic mass is 32.2. The summed E-state index contributed by atoms with van der Waals surface area (Å²) in [4.78, 5) is -0.428. The average Bonchev–Trinajstić information content (AvgIpc) is 2.89. The van der Waals surface area contributed by atoms with Gasteiger partial charge in [0, 0.05) is 16.9 Å². The van der Waals surface area contributed by atoms with Gasteiger partial charge >= 0.3 is 6.18 Å². The van der Waals surface area contributed by atoms with Crippen LogP contribution in [0.1, 0.15) is 11.1 Å². The number of hydrogen-bond acceptors (Lipinski definition) is 4. The lowest BCUT2D eigenvalue weighted by Gasteiger charge is -2.14. The predicted octanol–water partition coefficient (Wildman–Crippen LogP) is 5.89. The number of amidine groups is 1. The zero-order valence-electron chi connectivity index (χ0n) is 19.7. The number of halogens is 4. The molecule has 202 valence electrons. The lowest BCUT2D eigenvalue weighted by molar-refractivity contribution is -0.137. The first-order valence-electron chi connectivity index (χ1n) is 11.1. The molecule has 39 heavy (non-hydrogen) atoms. The minimum absolute atomic E-state index is 0.0910. The third-order valence-corrected chi connectivity index (χ3v) is 7.89. The maximum absolute atomic E-state index is 13.5. The molecule has 0 amide bonds. The molecule has 0 aliphatic heterocycles. The van der Waals surface area contributed by atoms with E-state index in [0.717, 1.165) is 30.3 Å². The zero-order valence-corrected chi connectivity index (χ0v) is 21.4. The van der Waals surface area contributed by atoms with Crippen molar-refractivity contribution in [1.29, 1.82) is 0 Å². The number of nitrogens with zero attached hydrogens (tertiary/aromatic N) is 1. The Bertz CT molecular complexity index is 1730. The van der Waals surface area contributed by atoms with Gasteiger partial charge in [-0.15, -0.1) is 4.40 Å². The molecule has 2 N–H and O–H groups in total. The number of benzene rings is 4. The van der Waals surface area contributed by atoms with Crippen LogP contribution in [-0.2, 0) is 26.2 Å². The first-order chi connectivity index (χ1) is 18.3. The molecule has 7 nitrogen and oxygen atoms in total. The Morgan fingerprint density at radius 2 is 1.31 bits per heavy atom. The Labute approximate surface area is 222 Å². The van der Waals surface area contributed by atoms with E-state index in [1.165, 1.54) is 60.7 Å². The van der Waals surface area contributed by atoms with E-state index in [1.54, 1.807) is 6.07 Å². The van der Waals surface area contributed by atoms with E-state index in [0.29, 0.717) is 6.07 Å². The Hall–Kier alpha value is -4.23. The number of hydrogen-bond donors (Lipinski definition) is 2. The summed E-state index contributed by atoms with van der Waals surface area (Å²) >= 11 is 0. The van der Waals surface area contributed by atoms with Gasteiger partial charge in [-0.3, -0.25) is 4.72 Å². The van der Waals surface area contributed by atoms with Crippen LogP contribution in [0, 0.1) is 5.82 Å². The lowest BCUT2D eigenvalue weighted by Crippen LogP contribution is -2.18. The molecule has 0 heterocycles. The molecular weight excluding hydrogens is 558 g/mol.